The summed E-state index contributed by atoms with van der Waals surface area (Å²) in [6, 6.07) is 13.9. The molecule has 4 nitrogen and oxygen atoms in total. The van der Waals surface area contributed by atoms with E-state index in [1.165, 1.54) is 0 Å². The number of hydrogen-bond donors (Lipinski definition) is 2. The fraction of sp³-hybridized carbons (Fsp3) is 0.200. The highest BCUT2D eigenvalue weighted by atomic mass is 16.2. The monoisotopic (exact) mass is 253 g/mol. The summed E-state index contributed by atoms with van der Waals surface area (Å²) in [6.07, 6.45) is 0.979. The first-order valence-corrected chi connectivity index (χ1v) is 6.41. The van der Waals surface area contributed by atoms with Crippen molar-refractivity contribution in [3.63, 3.8) is 0 Å². The molecule has 1 aliphatic rings. The van der Waals surface area contributed by atoms with E-state index in [1.54, 1.807) is 0 Å². The van der Waals surface area contributed by atoms with Crippen LogP contribution in [0.15, 0.2) is 47.5 Å². The molecule has 4 heteroatoms. The second-order valence-electron chi connectivity index (χ2n) is 4.53. The molecule has 3 rings (SSSR count). The first-order valence-electron chi connectivity index (χ1n) is 6.41. The Kier molecular flexibility index (Phi) is 3.14. The molecule has 96 valence electrons. The smallest absolute Gasteiger partial charge is 0.290 e. The van der Waals surface area contributed by atoms with Crippen molar-refractivity contribution in [3.05, 3.63) is 42.5 Å². The SMILES string of the molecule is O=C(Nc1ccc2ccccc2c1)C1=NCCCN1. The molecule has 2 aromatic rings. The molecule has 0 unspecified atom stereocenters. The number of carbonyl (C=O) groups excluding carboxylic acids is 1. The molecular formula is C15H15N3O. The van der Waals surface area contributed by atoms with E-state index in [-0.39, 0.29) is 5.91 Å². The highest BCUT2D eigenvalue weighted by Crippen LogP contribution is 2.18. The van der Waals surface area contributed by atoms with Gasteiger partial charge >= 0.3 is 0 Å². The van der Waals surface area contributed by atoms with Gasteiger partial charge in [0.2, 0.25) is 0 Å². The summed E-state index contributed by atoms with van der Waals surface area (Å²) in [6.45, 7) is 1.53. The minimum Gasteiger partial charge on any atom is -0.366 e. The number of hydrogen-bond acceptors (Lipinski definition) is 3. The van der Waals surface area contributed by atoms with Gasteiger partial charge in [0.05, 0.1) is 0 Å². The zero-order chi connectivity index (χ0) is 13.1. The van der Waals surface area contributed by atoms with Crippen molar-refractivity contribution in [2.75, 3.05) is 18.4 Å². The fourth-order valence-electron chi connectivity index (χ4n) is 2.14. The summed E-state index contributed by atoms with van der Waals surface area (Å²) in [7, 11) is 0. The van der Waals surface area contributed by atoms with E-state index in [2.05, 4.69) is 15.6 Å². The fourth-order valence-corrected chi connectivity index (χ4v) is 2.14. The molecule has 0 bridgehead atoms. The van der Waals surface area contributed by atoms with Gasteiger partial charge < -0.3 is 10.6 Å². The molecule has 0 atom stereocenters. The van der Waals surface area contributed by atoms with E-state index >= 15 is 0 Å². The van der Waals surface area contributed by atoms with E-state index in [1.807, 2.05) is 42.5 Å². The maximum atomic E-state index is 12.0. The van der Waals surface area contributed by atoms with Gasteiger partial charge in [-0.2, -0.15) is 0 Å². The number of nitrogens with zero attached hydrogens (tertiary/aromatic N) is 1. The molecule has 1 amide bonds. The van der Waals surface area contributed by atoms with E-state index in [4.69, 9.17) is 0 Å². The molecule has 0 aromatic heterocycles. The van der Waals surface area contributed by atoms with Crippen molar-refractivity contribution in [2.24, 2.45) is 4.99 Å². The molecule has 0 spiro atoms. The molecule has 0 saturated heterocycles. The van der Waals surface area contributed by atoms with Gasteiger partial charge in [-0.1, -0.05) is 30.3 Å². The lowest BCUT2D eigenvalue weighted by Gasteiger charge is -2.14. The van der Waals surface area contributed by atoms with Crippen molar-refractivity contribution < 1.29 is 4.79 Å². The maximum Gasteiger partial charge on any atom is 0.290 e. The number of benzene rings is 2. The van der Waals surface area contributed by atoms with Crippen LogP contribution in [0.5, 0.6) is 0 Å². The van der Waals surface area contributed by atoms with Crippen LogP contribution in [0.4, 0.5) is 5.69 Å². The van der Waals surface area contributed by atoms with Crippen LogP contribution in [0.2, 0.25) is 0 Å². The number of aliphatic imine (C=N–C) groups is 1. The molecule has 0 aliphatic carbocycles. The van der Waals surface area contributed by atoms with Crippen LogP contribution in [0, 0.1) is 0 Å². The molecule has 1 aliphatic heterocycles. The van der Waals surface area contributed by atoms with Crippen LogP contribution in [-0.2, 0) is 4.79 Å². The van der Waals surface area contributed by atoms with E-state index in [0.717, 1.165) is 29.4 Å². The van der Waals surface area contributed by atoms with Gasteiger partial charge in [0.25, 0.3) is 5.91 Å². The molecule has 19 heavy (non-hydrogen) atoms. The zero-order valence-corrected chi connectivity index (χ0v) is 10.5. The minimum absolute atomic E-state index is 0.171. The Labute approximate surface area is 111 Å². The molecule has 0 saturated carbocycles. The van der Waals surface area contributed by atoms with Crippen LogP contribution in [0.3, 0.4) is 0 Å². The minimum atomic E-state index is -0.171. The first-order chi connectivity index (χ1) is 9.33. The average molecular weight is 253 g/mol. The van der Waals surface area contributed by atoms with Crippen LogP contribution < -0.4 is 10.6 Å². The van der Waals surface area contributed by atoms with Gasteiger partial charge in [0.1, 0.15) is 0 Å². The summed E-state index contributed by atoms with van der Waals surface area (Å²) in [4.78, 5) is 16.2. The van der Waals surface area contributed by atoms with Crippen LogP contribution >= 0.6 is 0 Å². The summed E-state index contributed by atoms with van der Waals surface area (Å²) < 4.78 is 0. The lowest BCUT2D eigenvalue weighted by Crippen LogP contribution is -2.39. The van der Waals surface area contributed by atoms with Crippen LogP contribution in [-0.4, -0.2) is 24.8 Å². The number of anilines is 1. The normalized spacial score (nSPS) is 14.6. The lowest BCUT2D eigenvalue weighted by molar-refractivity contribution is -0.110. The quantitative estimate of drug-likeness (QED) is 0.861. The van der Waals surface area contributed by atoms with Crippen molar-refractivity contribution in [1.82, 2.24) is 5.32 Å². The third kappa shape index (κ3) is 2.57. The van der Waals surface area contributed by atoms with Gasteiger partial charge in [0.15, 0.2) is 5.84 Å². The number of nitrogens with one attached hydrogen (secondary N) is 2. The first kappa shape index (κ1) is 11.7. The van der Waals surface area contributed by atoms with E-state index < -0.39 is 0 Å². The lowest BCUT2D eigenvalue weighted by atomic mass is 10.1. The molecule has 1 heterocycles. The molecular weight excluding hydrogens is 238 g/mol. The van der Waals surface area contributed by atoms with Crippen molar-refractivity contribution in [3.8, 4) is 0 Å². The summed E-state index contributed by atoms with van der Waals surface area (Å²) in [5.41, 5.74) is 0.791. The maximum absolute atomic E-state index is 12.0. The van der Waals surface area contributed by atoms with Gasteiger partial charge in [-0.3, -0.25) is 9.79 Å². The molecule has 2 N–H and O–H groups in total. The Hall–Kier alpha value is -2.36. The predicted molar refractivity (Wildman–Crippen MR) is 77.5 cm³/mol. The van der Waals surface area contributed by atoms with Gasteiger partial charge in [-0.05, 0) is 29.3 Å². The van der Waals surface area contributed by atoms with Crippen molar-refractivity contribution in [1.29, 1.82) is 0 Å². The summed E-state index contributed by atoms with van der Waals surface area (Å²) >= 11 is 0. The van der Waals surface area contributed by atoms with E-state index in [0.29, 0.717) is 12.4 Å². The molecule has 2 aromatic carbocycles. The molecule has 0 fully saturated rings. The Bertz CT molecular complexity index is 649. The zero-order valence-electron chi connectivity index (χ0n) is 10.5. The Balaban J connectivity index is 1.81. The van der Waals surface area contributed by atoms with Gasteiger partial charge in [-0.25, -0.2) is 0 Å². The average Bonchev–Trinajstić information content (AvgIpc) is 2.48. The van der Waals surface area contributed by atoms with E-state index in [9.17, 15) is 4.79 Å². The largest absolute Gasteiger partial charge is 0.366 e. The van der Waals surface area contributed by atoms with Crippen molar-refractivity contribution in [2.45, 2.75) is 6.42 Å². The van der Waals surface area contributed by atoms with Crippen LogP contribution in [0.1, 0.15) is 6.42 Å². The number of carbonyl (C=O) groups is 1. The number of fused-ring (bicyclic) bond motifs is 1. The number of amidine groups is 1. The predicted octanol–water partition coefficient (Wildman–Crippen LogP) is 2.17. The highest BCUT2D eigenvalue weighted by molar-refractivity contribution is 6.42. The Morgan fingerprint density at radius 3 is 2.79 bits per heavy atom. The van der Waals surface area contributed by atoms with Gasteiger partial charge in [-0.15, -0.1) is 0 Å². The summed E-state index contributed by atoms with van der Waals surface area (Å²) in [5, 5.41) is 8.16. The van der Waals surface area contributed by atoms with Crippen LogP contribution in [0.25, 0.3) is 10.8 Å². The topological polar surface area (TPSA) is 53.5 Å². The standard InChI is InChI=1S/C15H15N3O/c19-15(14-16-8-3-9-17-14)18-13-7-6-11-4-1-2-5-12(11)10-13/h1-2,4-7,10H,3,8-9H2,(H,16,17)(H,18,19). The number of amides is 1. The molecule has 0 radical (unpaired) electrons. The Morgan fingerprint density at radius 1 is 1.16 bits per heavy atom. The van der Waals surface area contributed by atoms with Crippen molar-refractivity contribution >= 4 is 28.2 Å². The van der Waals surface area contributed by atoms with Gasteiger partial charge in [0, 0.05) is 18.8 Å². The Morgan fingerprint density at radius 2 is 2.00 bits per heavy atom. The third-order valence-electron chi connectivity index (χ3n) is 3.12. The second kappa shape index (κ2) is 5.10. The third-order valence-corrected chi connectivity index (χ3v) is 3.12. The summed E-state index contributed by atoms with van der Waals surface area (Å²) in [5.74, 6) is 0.259. The second-order valence-corrected chi connectivity index (χ2v) is 4.53. The number of rotatable bonds is 2. The highest BCUT2D eigenvalue weighted by Gasteiger charge is 2.13.